The van der Waals surface area contributed by atoms with Gasteiger partial charge in [0.25, 0.3) is 0 Å². The van der Waals surface area contributed by atoms with Gasteiger partial charge in [0.2, 0.25) is 5.69 Å². The number of aryl methyl sites for hydroxylation is 4. The second-order valence-electron chi connectivity index (χ2n) is 9.06. The van der Waals surface area contributed by atoms with Crippen LogP contribution in [0, 0.1) is 20.8 Å². The van der Waals surface area contributed by atoms with Gasteiger partial charge in [-0.15, -0.1) is 0 Å². The lowest BCUT2D eigenvalue weighted by Crippen LogP contribution is -2.31. The van der Waals surface area contributed by atoms with E-state index in [4.69, 9.17) is 4.42 Å². The maximum Gasteiger partial charge on any atom is 0.213 e. The molecular formula is C31H26NO+. The first-order valence-corrected chi connectivity index (χ1v) is 11.4. The molecule has 0 spiro atoms. The van der Waals surface area contributed by atoms with Gasteiger partial charge in [-0.3, -0.25) is 0 Å². The molecule has 2 heteroatoms. The SMILES string of the molecule is Cc1c[n+](C)c(-c2ccc3c(oc4c5ccccc5c(C)cc34)c2C)cc1-c1ccccc1. The van der Waals surface area contributed by atoms with Gasteiger partial charge in [0.1, 0.15) is 18.2 Å². The van der Waals surface area contributed by atoms with E-state index in [1.807, 2.05) is 0 Å². The fourth-order valence-corrected chi connectivity index (χ4v) is 5.23. The smallest absolute Gasteiger partial charge is 0.213 e. The van der Waals surface area contributed by atoms with E-state index in [1.165, 1.54) is 60.6 Å². The van der Waals surface area contributed by atoms with Gasteiger partial charge in [-0.2, -0.15) is 0 Å². The minimum atomic E-state index is 0.972. The molecule has 0 bridgehead atoms. The molecule has 0 radical (unpaired) electrons. The zero-order valence-electron chi connectivity index (χ0n) is 19.4. The summed E-state index contributed by atoms with van der Waals surface area (Å²) >= 11 is 0. The topological polar surface area (TPSA) is 17.0 Å². The van der Waals surface area contributed by atoms with E-state index in [1.54, 1.807) is 0 Å². The molecule has 0 saturated heterocycles. The second-order valence-corrected chi connectivity index (χ2v) is 9.06. The Morgan fingerprint density at radius 1 is 0.606 bits per heavy atom. The fourth-order valence-electron chi connectivity index (χ4n) is 5.23. The van der Waals surface area contributed by atoms with Crippen molar-refractivity contribution < 1.29 is 8.98 Å². The molecule has 0 fully saturated rings. The summed E-state index contributed by atoms with van der Waals surface area (Å²) in [7, 11) is 2.12. The average molecular weight is 429 g/mol. The minimum absolute atomic E-state index is 0.972. The quantitative estimate of drug-likeness (QED) is 0.257. The molecule has 0 amide bonds. The molecule has 0 unspecified atom stereocenters. The summed E-state index contributed by atoms with van der Waals surface area (Å²) < 4.78 is 8.80. The molecule has 0 aliphatic rings. The Hall–Kier alpha value is -3.91. The van der Waals surface area contributed by atoms with Crippen LogP contribution in [0.5, 0.6) is 0 Å². The third-order valence-electron chi connectivity index (χ3n) is 6.94. The van der Waals surface area contributed by atoms with Crippen molar-refractivity contribution in [1.29, 1.82) is 0 Å². The van der Waals surface area contributed by atoms with E-state index < -0.39 is 0 Å². The highest BCUT2D eigenvalue weighted by Gasteiger charge is 2.21. The fraction of sp³-hybridized carbons (Fsp3) is 0.129. The van der Waals surface area contributed by atoms with E-state index in [0.29, 0.717) is 0 Å². The third kappa shape index (κ3) is 2.98. The number of fused-ring (bicyclic) bond motifs is 5. The lowest BCUT2D eigenvalue weighted by molar-refractivity contribution is -0.660. The Balaban J connectivity index is 1.62. The summed E-state index contributed by atoms with van der Waals surface area (Å²) in [4.78, 5) is 0. The zero-order valence-corrected chi connectivity index (χ0v) is 19.4. The zero-order chi connectivity index (χ0) is 22.7. The van der Waals surface area contributed by atoms with Gasteiger partial charge in [0, 0.05) is 33.4 Å². The van der Waals surface area contributed by atoms with E-state index in [0.717, 1.165) is 11.2 Å². The molecule has 6 aromatic rings. The summed E-state index contributed by atoms with van der Waals surface area (Å²) in [6.45, 7) is 6.53. The molecule has 0 aliphatic carbocycles. The predicted molar refractivity (Wildman–Crippen MR) is 137 cm³/mol. The Bertz CT molecular complexity index is 1690. The number of rotatable bonds is 2. The Labute approximate surface area is 193 Å². The standard InChI is InChI=1S/C31H26NO/c1-19-16-28-26-15-14-24(21(3)30(26)33-31(28)25-13-9-8-12-23(19)25)29-17-27(20(2)18-32(29)4)22-10-6-5-7-11-22/h5-18H,1-4H3/q+1. The van der Waals surface area contributed by atoms with Crippen LogP contribution in [0.1, 0.15) is 16.7 Å². The number of pyridine rings is 1. The average Bonchev–Trinajstić information content (AvgIpc) is 3.20. The summed E-state index contributed by atoms with van der Waals surface area (Å²) in [5, 5.41) is 4.79. The lowest BCUT2D eigenvalue weighted by Gasteiger charge is -2.10. The van der Waals surface area contributed by atoms with E-state index in [9.17, 15) is 0 Å². The number of furan rings is 1. The van der Waals surface area contributed by atoms with Gasteiger partial charge in [-0.1, -0.05) is 54.6 Å². The van der Waals surface area contributed by atoms with Crippen molar-refractivity contribution in [3.05, 3.63) is 102 Å². The number of hydrogen-bond donors (Lipinski definition) is 0. The lowest BCUT2D eigenvalue weighted by atomic mass is 9.96. The van der Waals surface area contributed by atoms with Crippen molar-refractivity contribution in [1.82, 2.24) is 0 Å². The van der Waals surface area contributed by atoms with E-state index >= 15 is 0 Å². The van der Waals surface area contributed by atoms with Crippen LogP contribution in [0.2, 0.25) is 0 Å². The molecule has 4 aromatic carbocycles. The third-order valence-corrected chi connectivity index (χ3v) is 6.94. The molecule has 6 rings (SSSR count). The number of hydrogen-bond acceptors (Lipinski definition) is 1. The van der Waals surface area contributed by atoms with Crippen molar-refractivity contribution in [2.24, 2.45) is 7.05 Å². The van der Waals surface area contributed by atoms with Gasteiger partial charge >= 0.3 is 0 Å². The van der Waals surface area contributed by atoms with Gasteiger partial charge < -0.3 is 4.42 Å². The first-order chi connectivity index (χ1) is 16.0. The summed E-state index contributed by atoms with van der Waals surface area (Å²) in [5.41, 5.74) is 10.5. The molecule has 33 heavy (non-hydrogen) atoms. The van der Waals surface area contributed by atoms with Gasteiger partial charge in [-0.05, 0) is 61.0 Å². The van der Waals surface area contributed by atoms with Crippen LogP contribution >= 0.6 is 0 Å². The van der Waals surface area contributed by atoms with Crippen LogP contribution in [0.4, 0.5) is 0 Å². The molecule has 2 nitrogen and oxygen atoms in total. The van der Waals surface area contributed by atoms with Crippen molar-refractivity contribution in [3.63, 3.8) is 0 Å². The van der Waals surface area contributed by atoms with Crippen LogP contribution in [-0.4, -0.2) is 0 Å². The normalized spacial score (nSPS) is 11.6. The minimum Gasteiger partial charge on any atom is -0.455 e. The van der Waals surface area contributed by atoms with Crippen LogP contribution < -0.4 is 4.57 Å². The molecule has 2 aromatic heterocycles. The maximum atomic E-state index is 6.58. The predicted octanol–water partition coefficient (Wildman–Crippen LogP) is 7.82. The van der Waals surface area contributed by atoms with Crippen LogP contribution in [0.3, 0.4) is 0 Å². The molecule has 0 saturated carbocycles. The number of nitrogens with zero attached hydrogens (tertiary/aromatic N) is 1. The Morgan fingerprint density at radius 2 is 1.30 bits per heavy atom. The second kappa shape index (κ2) is 7.31. The van der Waals surface area contributed by atoms with Crippen LogP contribution in [0.15, 0.2) is 89.5 Å². The van der Waals surface area contributed by atoms with Crippen molar-refractivity contribution in [2.45, 2.75) is 20.8 Å². The summed E-state index contributed by atoms with van der Waals surface area (Å²) in [5.74, 6) is 0. The first-order valence-electron chi connectivity index (χ1n) is 11.4. The van der Waals surface area contributed by atoms with Crippen LogP contribution in [-0.2, 0) is 7.05 Å². The number of benzene rings is 4. The van der Waals surface area contributed by atoms with E-state index in [2.05, 4.69) is 117 Å². The molecule has 0 aliphatic heterocycles. The molecule has 0 N–H and O–H groups in total. The highest BCUT2D eigenvalue weighted by atomic mass is 16.3. The highest BCUT2D eigenvalue weighted by Crippen LogP contribution is 2.39. The monoisotopic (exact) mass is 428 g/mol. The molecule has 0 atom stereocenters. The van der Waals surface area contributed by atoms with Gasteiger partial charge in [0.15, 0.2) is 6.20 Å². The van der Waals surface area contributed by atoms with Crippen molar-refractivity contribution in [3.8, 4) is 22.4 Å². The van der Waals surface area contributed by atoms with Crippen molar-refractivity contribution >= 4 is 32.7 Å². The highest BCUT2D eigenvalue weighted by molar-refractivity contribution is 6.16. The maximum absolute atomic E-state index is 6.58. The van der Waals surface area contributed by atoms with E-state index in [-0.39, 0.29) is 0 Å². The van der Waals surface area contributed by atoms with Gasteiger partial charge in [0.05, 0.1) is 5.56 Å². The molecular weight excluding hydrogens is 402 g/mol. The largest absolute Gasteiger partial charge is 0.455 e. The Kier molecular flexibility index (Phi) is 4.38. The Morgan fingerprint density at radius 3 is 2.09 bits per heavy atom. The summed E-state index contributed by atoms with van der Waals surface area (Å²) in [6.07, 6.45) is 2.22. The van der Waals surface area contributed by atoms with Gasteiger partial charge in [-0.25, -0.2) is 4.57 Å². The van der Waals surface area contributed by atoms with Crippen molar-refractivity contribution in [2.75, 3.05) is 0 Å². The molecule has 160 valence electrons. The number of aromatic nitrogens is 1. The summed E-state index contributed by atoms with van der Waals surface area (Å²) in [6, 6.07) is 28.2. The molecule has 2 heterocycles. The van der Waals surface area contributed by atoms with Crippen LogP contribution in [0.25, 0.3) is 55.1 Å². The first kappa shape index (κ1) is 19.8.